The van der Waals surface area contributed by atoms with Gasteiger partial charge in [-0.3, -0.25) is 4.79 Å². The maximum absolute atomic E-state index is 11.9. The van der Waals surface area contributed by atoms with Crippen LogP contribution in [0.25, 0.3) is 0 Å². The molecular weight excluding hydrogens is 328 g/mol. The monoisotopic (exact) mass is 346 g/mol. The topological polar surface area (TPSA) is 70.9 Å². The lowest BCUT2D eigenvalue weighted by Crippen LogP contribution is -2.25. The molecule has 2 N–H and O–H groups in total. The number of hydrogen-bond acceptors (Lipinski definition) is 4. The standard InChI is InChI=1S/C21H18N2O3/c24-20(17-9-3-1-4-10-17)21(25)23-22-15-16-8-7-13-19(14-16)26-18-11-5-2-6-12-18/h1-15,20,24H,(H,23,25)/b22-15-/t20-/m0/s1. The number of amides is 1. The van der Waals surface area contributed by atoms with E-state index < -0.39 is 12.0 Å². The highest BCUT2D eigenvalue weighted by Gasteiger charge is 2.15. The number of aliphatic hydroxyl groups is 1. The van der Waals surface area contributed by atoms with Gasteiger partial charge in [-0.15, -0.1) is 0 Å². The van der Waals surface area contributed by atoms with Crippen molar-refractivity contribution in [3.8, 4) is 11.5 Å². The molecule has 5 nitrogen and oxygen atoms in total. The third-order valence-corrected chi connectivity index (χ3v) is 3.59. The van der Waals surface area contributed by atoms with E-state index in [0.717, 1.165) is 11.3 Å². The molecule has 0 saturated heterocycles. The van der Waals surface area contributed by atoms with E-state index in [9.17, 15) is 9.90 Å². The number of benzene rings is 3. The van der Waals surface area contributed by atoms with Gasteiger partial charge < -0.3 is 9.84 Å². The van der Waals surface area contributed by atoms with E-state index in [1.165, 1.54) is 6.21 Å². The van der Waals surface area contributed by atoms with Gasteiger partial charge in [0.1, 0.15) is 11.5 Å². The van der Waals surface area contributed by atoms with E-state index >= 15 is 0 Å². The maximum Gasteiger partial charge on any atom is 0.273 e. The SMILES string of the molecule is O=C(N/N=C\c1cccc(Oc2ccccc2)c1)[C@@H](O)c1ccccc1. The Morgan fingerprint density at radius 1 is 0.923 bits per heavy atom. The van der Waals surface area contributed by atoms with Crippen molar-refractivity contribution in [2.24, 2.45) is 5.10 Å². The molecule has 26 heavy (non-hydrogen) atoms. The lowest BCUT2D eigenvalue weighted by Gasteiger charge is -2.08. The zero-order valence-corrected chi connectivity index (χ0v) is 13.9. The van der Waals surface area contributed by atoms with E-state index in [1.54, 1.807) is 30.3 Å². The predicted molar refractivity (Wildman–Crippen MR) is 100 cm³/mol. The van der Waals surface area contributed by atoms with Crippen LogP contribution in [0.5, 0.6) is 11.5 Å². The van der Waals surface area contributed by atoms with Gasteiger partial charge in [-0.1, -0.05) is 60.7 Å². The minimum Gasteiger partial charge on any atom is -0.457 e. The van der Waals surface area contributed by atoms with E-state index in [4.69, 9.17) is 4.74 Å². The second-order valence-electron chi connectivity index (χ2n) is 5.54. The number of nitrogens with zero attached hydrogens (tertiary/aromatic N) is 1. The molecule has 0 aromatic heterocycles. The molecule has 0 aliphatic heterocycles. The summed E-state index contributed by atoms with van der Waals surface area (Å²) < 4.78 is 5.75. The van der Waals surface area contributed by atoms with Gasteiger partial charge in [-0.2, -0.15) is 5.10 Å². The Hall–Kier alpha value is -3.44. The van der Waals surface area contributed by atoms with Crippen molar-refractivity contribution in [3.05, 3.63) is 96.1 Å². The van der Waals surface area contributed by atoms with E-state index in [1.807, 2.05) is 54.6 Å². The minimum atomic E-state index is -1.26. The summed E-state index contributed by atoms with van der Waals surface area (Å²) >= 11 is 0. The molecule has 0 spiro atoms. The summed E-state index contributed by atoms with van der Waals surface area (Å²) in [6, 6.07) is 25.4. The fourth-order valence-electron chi connectivity index (χ4n) is 2.30. The lowest BCUT2D eigenvalue weighted by atomic mass is 10.1. The van der Waals surface area contributed by atoms with E-state index in [-0.39, 0.29) is 0 Å². The second-order valence-corrected chi connectivity index (χ2v) is 5.54. The molecule has 0 fully saturated rings. The summed E-state index contributed by atoms with van der Waals surface area (Å²) in [6.45, 7) is 0. The quantitative estimate of drug-likeness (QED) is 0.528. The Bertz CT molecular complexity index is 880. The Balaban J connectivity index is 1.60. The molecule has 3 rings (SSSR count). The zero-order chi connectivity index (χ0) is 18.2. The van der Waals surface area contributed by atoms with Crippen molar-refractivity contribution < 1.29 is 14.6 Å². The number of ether oxygens (including phenoxy) is 1. The van der Waals surface area contributed by atoms with Crippen LogP contribution >= 0.6 is 0 Å². The fourth-order valence-corrected chi connectivity index (χ4v) is 2.30. The van der Waals surface area contributed by atoms with Gasteiger partial charge in [0, 0.05) is 0 Å². The van der Waals surface area contributed by atoms with Crippen molar-refractivity contribution in [1.82, 2.24) is 5.43 Å². The molecule has 3 aromatic rings. The van der Waals surface area contributed by atoms with Gasteiger partial charge in [0.05, 0.1) is 6.21 Å². The second kappa shape index (κ2) is 8.60. The van der Waals surface area contributed by atoms with Crippen LogP contribution in [0.2, 0.25) is 0 Å². The van der Waals surface area contributed by atoms with Crippen molar-refractivity contribution in [1.29, 1.82) is 0 Å². The molecule has 0 aliphatic carbocycles. The van der Waals surface area contributed by atoms with Crippen LogP contribution in [0.15, 0.2) is 90.0 Å². The average Bonchev–Trinajstić information content (AvgIpc) is 2.69. The van der Waals surface area contributed by atoms with Gasteiger partial charge in [0.2, 0.25) is 0 Å². The van der Waals surface area contributed by atoms with Gasteiger partial charge in [-0.25, -0.2) is 5.43 Å². The van der Waals surface area contributed by atoms with Crippen LogP contribution in [0.4, 0.5) is 0 Å². The van der Waals surface area contributed by atoms with Gasteiger partial charge in [0.25, 0.3) is 5.91 Å². The Kier molecular flexibility index (Phi) is 5.75. The van der Waals surface area contributed by atoms with Crippen LogP contribution in [0.3, 0.4) is 0 Å². The fraction of sp³-hybridized carbons (Fsp3) is 0.0476. The summed E-state index contributed by atoms with van der Waals surface area (Å²) in [7, 11) is 0. The molecule has 0 aliphatic rings. The summed E-state index contributed by atoms with van der Waals surface area (Å²) in [5, 5.41) is 13.9. The zero-order valence-electron chi connectivity index (χ0n) is 13.9. The first-order valence-electron chi connectivity index (χ1n) is 8.11. The average molecular weight is 346 g/mol. The number of rotatable bonds is 6. The highest BCUT2D eigenvalue weighted by molar-refractivity contribution is 5.85. The number of hydrogen-bond donors (Lipinski definition) is 2. The summed E-state index contributed by atoms with van der Waals surface area (Å²) in [5.41, 5.74) is 3.61. The Morgan fingerprint density at radius 3 is 2.31 bits per heavy atom. The maximum atomic E-state index is 11.9. The molecular formula is C21H18N2O3. The molecule has 1 amide bonds. The first kappa shape index (κ1) is 17.4. The molecule has 0 radical (unpaired) electrons. The minimum absolute atomic E-state index is 0.512. The van der Waals surface area contributed by atoms with Crippen LogP contribution < -0.4 is 10.2 Å². The number of carbonyl (C=O) groups excluding carboxylic acids is 1. The molecule has 3 aromatic carbocycles. The Labute approximate surface area is 151 Å². The summed E-state index contributed by atoms with van der Waals surface area (Å²) in [6.07, 6.45) is 0.231. The molecule has 1 atom stereocenters. The van der Waals surface area contributed by atoms with Gasteiger partial charge in [-0.05, 0) is 35.4 Å². The Morgan fingerprint density at radius 2 is 1.58 bits per heavy atom. The third-order valence-electron chi connectivity index (χ3n) is 3.59. The first-order chi connectivity index (χ1) is 12.7. The summed E-state index contributed by atoms with van der Waals surface area (Å²) in [5.74, 6) is 0.806. The molecule has 0 heterocycles. The molecule has 0 saturated carbocycles. The van der Waals surface area contributed by atoms with Crippen LogP contribution in [-0.2, 0) is 4.79 Å². The number of nitrogens with one attached hydrogen (secondary N) is 1. The van der Waals surface area contributed by atoms with Crippen LogP contribution in [0.1, 0.15) is 17.2 Å². The largest absolute Gasteiger partial charge is 0.457 e. The van der Waals surface area contributed by atoms with Gasteiger partial charge in [0.15, 0.2) is 6.10 Å². The highest BCUT2D eigenvalue weighted by atomic mass is 16.5. The smallest absolute Gasteiger partial charge is 0.273 e. The predicted octanol–water partition coefficient (Wildman–Crippen LogP) is 3.66. The number of hydrazone groups is 1. The number of aliphatic hydroxyl groups excluding tert-OH is 1. The highest BCUT2D eigenvalue weighted by Crippen LogP contribution is 2.21. The van der Waals surface area contributed by atoms with Crippen molar-refractivity contribution in [2.45, 2.75) is 6.10 Å². The molecule has 0 unspecified atom stereocenters. The van der Waals surface area contributed by atoms with Crippen LogP contribution in [-0.4, -0.2) is 17.2 Å². The molecule has 0 bridgehead atoms. The van der Waals surface area contributed by atoms with E-state index in [2.05, 4.69) is 10.5 Å². The van der Waals surface area contributed by atoms with Gasteiger partial charge >= 0.3 is 0 Å². The first-order valence-corrected chi connectivity index (χ1v) is 8.11. The summed E-state index contributed by atoms with van der Waals surface area (Å²) in [4.78, 5) is 11.9. The van der Waals surface area contributed by atoms with E-state index in [0.29, 0.717) is 11.3 Å². The number of carbonyl (C=O) groups is 1. The molecule has 130 valence electrons. The normalized spacial score (nSPS) is 11.9. The molecule has 5 heteroatoms. The third kappa shape index (κ3) is 4.78. The number of para-hydroxylation sites is 1. The van der Waals surface area contributed by atoms with Crippen molar-refractivity contribution in [2.75, 3.05) is 0 Å². The van der Waals surface area contributed by atoms with Crippen molar-refractivity contribution >= 4 is 12.1 Å². The lowest BCUT2D eigenvalue weighted by molar-refractivity contribution is -0.129. The van der Waals surface area contributed by atoms with Crippen LogP contribution in [0, 0.1) is 0 Å². The van der Waals surface area contributed by atoms with Crippen molar-refractivity contribution in [3.63, 3.8) is 0 Å².